The van der Waals surface area contributed by atoms with Gasteiger partial charge in [-0.15, -0.1) is 0 Å². The Balaban J connectivity index is 4.31. The van der Waals surface area contributed by atoms with E-state index in [1.807, 2.05) is 20.8 Å². The Kier molecular flexibility index (Phi) is 5.64. The second kappa shape index (κ2) is 5.42. The fraction of sp³-hybridized carbons (Fsp3) is 1.00. The fourth-order valence-corrected chi connectivity index (χ4v) is 2.86. The van der Waals surface area contributed by atoms with Gasteiger partial charge < -0.3 is 14.3 Å². The van der Waals surface area contributed by atoms with E-state index in [1.165, 1.54) is 0 Å². The smallest absolute Gasteiger partial charge is 0.322 e. The predicted molar refractivity (Wildman–Crippen MR) is 58.0 cm³/mol. The van der Waals surface area contributed by atoms with Gasteiger partial charge in [0.2, 0.25) is 0 Å². The Morgan fingerprint density at radius 2 is 1.62 bits per heavy atom. The molecule has 0 saturated heterocycles. The van der Waals surface area contributed by atoms with Gasteiger partial charge in [-0.3, -0.25) is 0 Å². The van der Waals surface area contributed by atoms with Gasteiger partial charge in [0.15, 0.2) is 0 Å². The van der Waals surface area contributed by atoms with Crippen molar-refractivity contribution < 1.29 is 14.3 Å². The molecule has 0 radical (unpaired) electrons. The fourth-order valence-electron chi connectivity index (χ4n) is 1.56. The van der Waals surface area contributed by atoms with Gasteiger partial charge in [-0.25, -0.2) is 0 Å². The molecule has 0 aromatic heterocycles. The first-order chi connectivity index (χ1) is 5.83. The molecule has 0 aliphatic rings. The summed E-state index contributed by atoms with van der Waals surface area (Å²) in [6, 6.07) is 0. The van der Waals surface area contributed by atoms with Gasteiger partial charge in [0.1, 0.15) is 0 Å². The van der Waals surface area contributed by atoms with Crippen LogP contribution in [-0.2, 0) is 16.3 Å². The zero-order valence-electron chi connectivity index (χ0n) is 8.49. The standard InChI is InChI=1S/C8H19O3PS/c1-4-6-8(3,7-5-2)11-12(9,10)13/h4-7H2,1-3H3,(H2,9,10,13). The maximum Gasteiger partial charge on any atom is 0.322 e. The lowest BCUT2D eigenvalue weighted by molar-refractivity contribution is 0.0523. The SMILES string of the molecule is CCCC(C)(CCC)OP(O)(O)=S. The van der Waals surface area contributed by atoms with Crippen LogP contribution in [0.5, 0.6) is 0 Å². The normalized spacial score (nSPS) is 13.3. The summed E-state index contributed by atoms with van der Waals surface area (Å²) in [6.07, 6.45) is 3.51. The molecule has 13 heavy (non-hydrogen) atoms. The molecule has 0 amide bonds. The van der Waals surface area contributed by atoms with Crippen LogP contribution in [0, 0.1) is 0 Å². The summed E-state index contributed by atoms with van der Waals surface area (Å²) < 4.78 is 5.14. The predicted octanol–water partition coefficient (Wildman–Crippen LogP) is 2.57. The minimum Gasteiger partial charge on any atom is -0.325 e. The first-order valence-electron chi connectivity index (χ1n) is 4.59. The molecule has 0 aromatic carbocycles. The van der Waals surface area contributed by atoms with Crippen LogP contribution < -0.4 is 0 Å². The molecule has 0 heterocycles. The van der Waals surface area contributed by atoms with Gasteiger partial charge in [-0.1, -0.05) is 26.7 Å². The Morgan fingerprint density at radius 3 is 1.85 bits per heavy atom. The monoisotopic (exact) mass is 226 g/mol. The Morgan fingerprint density at radius 1 is 1.23 bits per heavy atom. The minimum atomic E-state index is -3.51. The van der Waals surface area contributed by atoms with Crippen LogP contribution in [0.2, 0.25) is 0 Å². The lowest BCUT2D eigenvalue weighted by Crippen LogP contribution is -2.26. The van der Waals surface area contributed by atoms with E-state index in [1.54, 1.807) is 0 Å². The minimum absolute atomic E-state index is 0.470. The van der Waals surface area contributed by atoms with E-state index in [0.717, 1.165) is 25.7 Å². The summed E-state index contributed by atoms with van der Waals surface area (Å²) in [5.41, 5.74) is -0.470. The van der Waals surface area contributed by atoms with Crippen molar-refractivity contribution in [3.8, 4) is 0 Å². The molecule has 0 aromatic rings. The molecule has 5 heteroatoms. The van der Waals surface area contributed by atoms with Crippen LogP contribution in [-0.4, -0.2) is 15.4 Å². The third-order valence-electron chi connectivity index (χ3n) is 1.90. The van der Waals surface area contributed by atoms with E-state index in [9.17, 15) is 0 Å². The van der Waals surface area contributed by atoms with E-state index in [-0.39, 0.29) is 0 Å². The number of hydrogen-bond donors (Lipinski definition) is 2. The van der Waals surface area contributed by atoms with Crippen LogP contribution in [0.25, 0.3) is 0 Å². The van der Waals surface area contributed by atoms with Crippen molar-refractivity contribution in [2.75, 3.05) is 0 Å². The van der Waals surface area contributed by atoms with Crippen LogP contribution in [0.1, 0.15) is 46.5 Å². The second-order valence-corrected chi connectivity index (χ2v) is 6.12. The lowest BCUT2D eigenvalue weighted by atomic mass is 9.95. The Bertz CT molecular complexity index is 184. The number of hydrogen-bond acceptors (Lipinski definition) is 2. The summed E-state index contributed by atoms with van der Waals surface area (Å²) in [5.74, 6) is 0. The summed E-state index contributed by atoms with van der Waals surface area (Å²) in [7, 11) is 0. The maximum absolute atomic E-state index is 9.07. The molecule has 80 valence electrons. The van der Waals surface area contributed by atoms with Crippen LogP contribution in [0.3, 0.4) is 0 Å². The van der Waals surface area contributed by atoms with E-state index in [4.69, 9.17) is 14.3 Å². The van der Waals surface area contributed by atoms with Gasteiger partial charge in [-0.2, -0.15) is 0 Å². The third kappa shape index (κ3) is 6.58. The molecule has 0 saturated carbocycles. The first kappa shape index (κ1) is 13.5. The zero-order chi connectivity index (χ0) is 10.5. The average molecular weight is 226 g/mol. The number of rotatable bonds is 6. The molecule has 0 spiro atoms. The molecule has 0 bridgehead atoms. The van der Waals surface area contributed by atoms with E-state index in [2.05, 4.69) is 11.8 Å². The largest absolute Gasteiger partial charge is 0.325 e. The molecule has 2 N–H and O–H groups in total. The van der Waals surface area contributed by atoms with Crippen molar-refractivity contribution in [3.05, 3.63) is 0 Å². The van der Waals surface area contributed by atoms with E-state index < -0.39 is 12.3 Å². The van der Waals surface area contributed by atoms with Crippen molar-refractivity contribution in [3.63, 3.8) is 0 Å². The molecular formula is C8H19O3PS. The molecular weight excluding hydrogens is 207 g/mol. The lowest BCUT2D eigenvalue weighted by Gasteiger charge is -2.30. The quantitative estimate of drug-likeness (QED) is 0.683. The highest BCUT2D eigenvalue weighted by molar-refractivity contribution is 8.06. The van der Waals surface area contributed by atoms with Crippen molar-refractivity contribution in [1.82, 2.24) is 0 Å². The molecule has 0 atom stereocenters. The average Bonchev–Trinajstić information content (AvgIpc) is 1.82. The highest BCUT2D eigenvalue weighted by Gasteiger charge is 2.28. The highest BCUT2D eigenvalue weighted by atomic mass is 32.5. The van der Waals surface area contributed by atoms with Gasteiger partial charge >= 0.3 is 6.72 Å². The molecule has 0 aliphatic heterocycles. The molecule has 3 nitrogen and oxygen atoms in total. The Labute approximate surface area is 85.4 Å². The molecule has 0 unspecified atom stereocenters. The Hall–Kier alpha value is 0.530. The maximum atomic E-state index is 9.07. The van der Waals surface area contributed by atoms with E-state index in [0.29, 0.717) is 0 Å². The van der Waals surface area contributed by atoms with Gasteiger partial charge in [0.05, 0.1) is 5.60 Å². The van der Waals surface area contributed by atoms with E-state index >= 15 is 0 Å². The van der Waals surface area contributed by atoms with Crippen molar-refractivity contribution >= 4 is 18.5 Å². The van der Waals surface area contributed by atoms with Gasteiger partial charge in [0, 0.05) is 0 Å². The van der Waals surface area contributed by atoms with Gasteiger partial charge in [-0.05, 0) is 31.6 Å². The summed E-state index contributed by atoms with van der Waals surface area (Å²) in [6.45, 7) is 2.44. The summed E-state index contributed by atoms with van der Waals surface area (Å²) in [4.78, 5) is 18.1. The summed E-state index contributed by atoms with van der Waals surface area (Å²) >= 11 is 4.46. The molecule has 0 fully saturated rings. The topological polar surface area (TPSA) is 49.7 Å². The second-order valence-electron chi connectivity index (χ2n) is 3.53. The first-order valence-corrected chi connectivity index (χ1v) is 7.22. The highest BCUT2D eigenvalue weighted by Crippen LogP contribution is 2.44. The molecule has 0 aliphatic carbocycles. The van der Waals surface area contributed by atoms with Crippen molar-refractivity contribution in [2.24, 2.45) is 0 Å². The van der Waals surface area contributed by atoms with Crippen molar-refractivity contribution in [1.29, 1.82) is 0 Å². The zero-order valence-corrected chi connectivity index (χ0v) is 10.2. The van der Waals surface area contributed by atoms with Crippen LogP contribution in [0.15, 0.2) is 0 Å². The van der Waals surface area contributed by atoms with Crippen molar-refractivity contribution in [2.45, 2.75) is 52.1 Å². The van der Waals surface area contributed by atoms with Crippen LogP contribution >= 0.6 is 6.72 Å². The van der Waals surface area contributed by atoms with Crippen LogP contribution in [0.4, 0.5) is 0 Å². The van der Waals surface area contributed by atoms with Gasteiger partial charge in [0.25, 0.3) is 0 Å². The summed E-state index contributed by atoms with van der Waals surface area (Å²) in [5, 5.41) is 0. The third-order valence-corrected chi connectivity index (χ3v) is 2.80. The molecule has 0 rings (SSSR count).